The predicted molar refractivity (Wildman–Crippen MR) is 76.2 cm³/mol. The van der Waals surface area contributed by atoms with Crippen molar-refractivity contribution in [3.63, 3.8) is 0 Å². The van der Waals surface area contributed by atoms with Gasteiger partial charge in [-0.2, -0.15) is 0 Å². The van der Waals surface area contributed by atoms with Crippen LogP contribution < -0.4 is 11.3 Å². The van der Waals surface area contributed by atoms with E-state index >= 15 is 0 Å². The number of morpholine rings is 1. The molecule has 1 atom stereocenters. The van der Waals surface area contributed by atoms with Crippen molar-refractivity contribution in [3.05, 3.63) is 33.9 Å². The van der Waals surface area contributed by atoms with Gasteiger partial charge in [-0.25, -0.2) is 0 Å². The third-order valence-corrected chi connectivity index (χ3v) is 3.66. The molecule has 7 heteroatoms. The van der Waals surface area contributed by atoms with Crippen molar-refractivity contribution in [1.82, 2.24) is 4.90 Å². The number of ether oxygens (including phenoxy) is 1. The maximum Gasteiger partial charge on any atom is 0.293 e. The van der Waals surface area contributed by atoms with Crippen molar-refractivity contribution in [2.24, 2.45) is 5.84 Å². The maximum absolute atomic E-state index is 11.0. The number of benzene rings is 1. The van der Waals surface area contributed by atoms with E-state index < -0.39 is 4.92 Å². The highest BCUT2D eigenvalue weighted by molar-refractivity contribution is 5.65. The monoisotopic (exact) mass is 280 g/mol. The number of hydrazine groups is 1. The van der Waals surface area contributed by atoms with E-state index in [2.05, 4.69) is 17.2 Å². The Balaban J connectivity index is 2.24. The number of rotatable bonds is 5. The molecular formula is C13H20N4O3. The number of para-hydroxylation sites is 1. The molecule has 1 unspecified atom stereocenters. The minimum absolute atomic E-state index is 0.00584. The molecule has 0 bridgehead atoms. The number of nitro benzene ring substituents is 1. The van der Waals surface area contributed by atoms with Gasteiger partial charge in [-0.3, -0.25) is 20.9 Å². The van der Waals surface area contributed by atoms with E-state index in [4.69, 9.17) is 10.6 Å². The fourth-order valence-electron chi connectivity index (χ4n) is 2.53. The number of nitrogens with one attached hydrogen (secondary N) is 1. The zero-order chi connectivity index (χ0) is 14.5. The molecule has 1 aromatic rings. The number of hydrogen-bond donors (Lipinski definition) is 2. The van der Waals surface area contributed by atoms with Crippen LogP contribution in [0.1, 0.15) is 18.9 Å². The summed E-state index contributed by atoms with van der Waals surface area (Å²) in [4.78, 5) is 12.9. The van der Waals surface area contributed by atoms with Gasteiger partial charge >= 0.3 is 0 Å². The van der Waals surface area contributed by atoms with Gasteiger partial charge in [0, 0.05) is 25.2 Å². The molecule has 0 aliphatic carbocycles. The quantitative estimate of drug-likeness (QED) is 0.482. The second-order valence-electron chi connectivity index (χ2n) is 4.82. The van der Waals surface area contributed by atoms with Crippen molar-refractivity contribution in [1.29, 1.82) is 0 Å². The van der Waals surface area contributed by atoms with E-state index in [1.165, 1.54) is 6.07 Å². The summed E-state index contributed by atoms with van der Waals surface area (Å²) in [6, 6.07) is 5.35. The topological polar surface area (TPSA) is 93.7 Å². The Kier molecular flexibility index (Phi) is 4.89. The summed E-state index contributed by atoms with van der Waals surface area (Å²) >= 11 is 0. The van der Waals surface area contributed by atoms with Gasteiger partial charge in [-0.1, -0.05) is 19.1 Å². The molecule has 1 aromatic carbocycles. The summed E-state index contributed by atoms with van der Waals surface area (Å²) in [5.74, 6) is 5.46. The van der Waals surface area contributed by atoms with E-state index in [1.807, 2.05) is 6.07 Å². The Morgan fingerprint density at radius 3 is 3.05 bits per heavy atom. The molecule has 1 fully saturated rings. The predicted octanol–water partition coefficient (Wildman–Crippen LogP) is 1.49. The Hall–Kier alpha value is -1.70. The zero-order valence-electron chi connectivity index (χ0n) is 11.5. The maximum atomic E-state index is 11.0. The second-order valence-corrected chi connectivity index (χ2v) is 4.82. The molecule has 0 saturated carbocycles. The molecule has 20 heavy (non-hydrogen) atoms. The first-order valence-electron chi connectivity index (χ1n) is 6.72. The van der Waals surface area contributed by atoms with Crippen molar-refractivity contribution in [2.75, 3.05) is 25.2 Å². The molecule has 0 spiro atoms. The molecule has 3 N–H and O–H groups in total. The first kappa shape index (κ1) is 14.7. The smallest absolute Gasteiger partial charge is 0.293 e. The van der Waals surface area contributed by atoms with Crippen LogP contribution in [0.4, 0.5) is 11.4 Å². The van der Waals surface area contributed by atoms with Crippen LogP contribution in [-0.4, -0.2) is 35.6 Å². The van der Waals surface area contributed by atoms with Crippen LogP contribution in [-0.2, 0) is 11.3 Å². The summed E-state index contributed by atoms with van der Waals surface area (Å²) in [7, 11) is 0. The van der Waals surface area contributed by atoms with E-state index in [0.717, 1.165) is 18.5 Å². The number of anilines is 1. The lowest BCUT2D eigenvalue weighted by Gasteiger charge is -2.35. The lowest BCUT2D eigenvalue weighted by atomic mass is 10.1. The average Bonchev–Trinajstić information content (AvgIpc) is 2.47. The van der Waals surface area contributed by atoms with Crippen LogP contribution in [0.15, 0.2) is 18.2 Å². The van der Waals surface area contributed by atoms with Crippen LogP contribution in [0.2, 0.25) is 0 Å². The molecule has 0 aromatic heterocycles. The van der Waals surface area contributed by atoms with Gasteiger partial charge in [-0.05, 0) is 12.0 Å². The summed E-state index contributed by atoms with van der Waals surface area (Å²) in [6.07, 6.45) is 0.986. The fourth-order valence-corrected chi connectivity index (χ4v) is 2.53. The van der Waals surface area contributed by atoms with Crippen LogP contribution in [0.25, 0.3) is 0 Å². The highest BCUT2D eigenvalue weighted by atomic mass is 16.6. The third kappa shape index (κ3) is 3.06. The SMILES string of the molecule is CCC1COCCN1Cc1cccc([N+](=O)[O-])c1NN. The summed E-state index contributed by atoms with van der Waals surface area (Å²) in [5, 5.41) is 11.0. The van der Waals surface area contributed by atoms with Gasteiger partial charge in [-0.15, -0.1) is 0 Å². The number of hydrogen-bond acceptors (Lipinski definition) is 6. The molecule has 110 valence electrons. The zero-order valence-corrected chi connectivity index (χ0v) is 11.5. The van der Waals surface area contributed by atoms with Gasteiger partial charge in [0.2, 0.25) is 0 Å². The minimum Gasteiger partial charge on any atom is -0.378 e. The molecule has 7 nitrogen and oxygen atoms in total. The first-order valence-corrected chi connectivity index (χ1v) is 6.72. The molecule has 1 saturated heterocycles. The molecule has 1 aliphatic heterocycles. The van der Waals surface area contributed by atoms with Gasteiger partial charge in [0.05, 0.1) is 18.1 Å². The van der Waals surface area contributed by atoms with Crippen LogP contribution in [0.5, 0.6) is 0 Å². The Morgan fingerprint density at radius 1 is 1.60 bits per heavy atom. The van der Waals surface area contributed by atoms with E-state index in [9.17, 15) is 10.1 Å². The molecular weight excluding hydrogens is 260 g/mol. The van der Waals surface area contributed by atoms with Crippen LogP contribution >= 0.6 is 0 Å². The highest BCUT2D eigenvalue weighted by Gasteiger charge is 2.24. The Morgan fingerprint density at radius 2 is 2.40 bits per heavy atom. The van der Waals surface area contributed by atoms with Crippen molar-refractivity contribution in [2.45, 2.75) is 25.9 Å². The average molecular weight is 280 g/mol. The first-order chi connectivity index (χ1) is 9.67. The standard InChI is InChI=1S/C13H20N4O3/c1-2-11-9-20-7-6-16(11)8-10-4-3-5-12(17(18)19)13(10)15-14/h3-5,11,15H,2,6-9,14H2,1H3. The molecule has 0 radical (unpaired) electrons. The van der Waals surface area contributed by atoms with Crippen molar-refractivity contribution >= 4 is 11.4 Å². The van der Waals surface area contributed by atoms with Gasteiger partial charge in [0.25, 0.3) is 5.69 Å². The lowest BCUT2D eigenvalue weighted by molar-refractivity contribution is -0.384. The van der Waals surface area contributed by atoms with Gasteiger partial charge < -0.3 is 10.2 Å². The van der Waals surface area contributed by atoms with E-state index in [0.29, 0.717) is 31.5 Å². The Bertz CT molecular complexity index is 481. The highest BCUT2D eigenvalue weighted by Crippen LogP contribution is 2.29. The van der Waals surface area contributed by atoms with Crippen molar-refractivity contribution in [3.8, 4) is 0 Å². The second kappa shape index (κ2) is 6.65. The third-order valence-electron chi connectivity index (χ3n) is 3.66. The lowest BCUT2D eigenvalue weighted by Crippen LogP contribution is -2.44. The summed E-state index contributed by atoms with van der Waals surface area (Å²) < 4.78 is 5.47. The normalized spacial score (nSPS) is 19.8. The number of nitrogen functional groups attached to an aromatic ring is 1. The summed E-state index contributed by atoms with van der Waals surface area (Å²) in [5.41, 5.74) is 3.70. The van der Waals surface area contributed by atoms with Gasteiger partial charge in [0.1, 0.15) is 5.69 Å². The van der Waals surface area contributed by atoms with Gasteiger partial charge in [0.15, 0.2) is 0 Å². The largest absolute Gasteiger partial charge is 0.378 e. The van der Waals surface area contributed by atoms with E-state index in [-0.39, 0.29) is 5.69 Å². The number of nitro groups is 1. The number of nitrogens with two attached hydrogens (primary N) is 1. The fraction of sp³-hybridized carbons (Fsp3) is 0.538. The minimum atomic E-state index is -0.421. The van der Waals surface area contributed by atoms with Crippen LogP contribution in [0, 0.1) is 10.1 Å². The number of nitrogens with zero attached hydrogens (tertiary/aromatic N) is 2. The summed E-state index contributed by atoms with van der Waals surface area (Å²) in [6.45, 7) is 4.96. The Labute approximate surface area is 117 Å². The van der Waals surface area contributed by atoms with E-state index in [1.54, 1.807) is 6.07 Å². The molecule has 1 heterocycles. The van der Waals surface area contributed by atoms with Crippen LogP contribution in [0.3, 0.4) is 0 Å². The molecule has 2 rings (SSSR count). The molecule has 1 aliphatic rings. The molecule has 0 amide bonds. The van der Waals surface area contributed by atoms with Crippen molar-refractivity contribution < 1.29 is 9.66 Å².